The number of aryl methyl sites for hydroxylation is 1. The number of benzene rings is 2. The first kappa shape index (κ1) is 18.4. The largest absolute Gasteiger partial charge is 0.340 e. The van der Waals surface area contributed by atoms with Crippen LogP contribution in [0.2, 0.25) is 0 Å². The number of nitrogens with zero attached hydrogens (tertiary/aromatic N) is 3. The molecule has 28 heavy (non-hydrogen) atoms. The third kappa shape index (κ3) is 3.31. The fraction of sp³-hybridized carbons (Fsp3) is 0.318. The van der Waals surface area contributed by atoms with Crippen LogP contribution in [0.25, 0.3) is 10.9 Å². The van der Waals surface area contributed by atoms with E-state index in [1.165, 1.54) is 16.5 Å². The minimum absolute atomic E-state index is 0.00544. The van der Waals surface area contributed by atoms with Crippen molar-refractivity contribution in [2.45, 2.75) is 19.4 Å². The summed E-state index contributed by atoms with van der Waals surface area (Å²) in [5, 5.41) is 0.540. The Morgan fingerprint density at radius 2 is 1.93 bits per heavy atom. The fourth-order valence-corrected chi connectivity index (χ4v) is 4.09. The van der Waals surface area contributed by atoms with Gasteiger partial charge in [-0.25, -0.2) is 4.98 Å². The third-order valence-electron chi connectivity index (χ3n) is 5.69. The second kappa shape index (κ2) is 7.56. The monoisotopic (exact) mass is 376 g/mol. The molecule has 0 radical (unpaired) electrons. The summed E-state index contributed by atoms with van der Waals surface area (Å²) in [5.41, 5.74) is 8.63. The number of aromatic nitrogens is 2. The predicted octanol–water partition coefficient (Wildman–Crippen LogP) is 1.91. The maximum absolute atomic E-state index is 12.9. The minimum Gasteiger partial charge on any atom is -0.340 e. The highest BCUT2D eigenvalue weighted by atomic mass is 16.2. The first-order valence-electron chi connectivity index (χ1n) is 9.56. The Hall–Kier alpha value is -2.99. The van der Waals surface area contributed by atoms with Crippen LogP contribution in [0, 0.1) is 12.8 Å². The molecular weight excluding hydrogens is 352 g/mol. The first-order valence-corrected chi connectivity index (χ1v) is 9.56. The van der Waals surface area contributed by atoms with Crippen LogP contribution in [0.3, 0.4) is 0 Å². The molecule has 6 nitrogen and oxygen atoms in total. The van der Waals surface area contributed by atoms with E-state index in [4.69, 9.17) is 5.73 Å². The SMILES string of the molecule is Cc1cccc2c(=O)n(CC(=O)N3C[C@@H](CN)[C@H](c4ccccc4)C3)cnc12. The Morgan fingerprint density at radius 3 is 2.68 bits per heavy atom. The zero-order valence-electron chi connectivity index (χ0n) is 15.9. The average Bonchev–Trinajstić information content (AvgIpc) is 3.16. The number of hydrogen-bond donors (Lipinski definition) is 1. The van der Waals surface area contributed by atoms with Crippen LogP contribution in [0.15, 0.2) is 59.7 Å². The number of carbonyl (C=O) groups is 1. The standard InChI is InChI=1S/C22H24N4O2/c1-15-6-5-9-18-21(15)24-14-26(22(18)28)13-20(27)25-11-17(10-23)19(12-25)16-7-3-2-4-8-16/h2-9,14,17,19H,10-13,23H2,1H3/t17-,19+/m1/s1. The lowest BCUT2D eigenvalue weighted by atomic mass is 9.89. The van der Waals surface area contributed by atoms with Crippen molar-refractivity contribution in [1.82, 2.24) is 14.5 Å². The molecule has 1 aromatic heterocycles. The number of likely N-dealkylation sites (tertiary alicyclic amines) is 1. The van der Waals surface area contributed by atoms with Crippen molar-refractivity contribution >= 4 is 16.8 Å². The van der Waals surface area contributed by atoms with Gasteiger partial charge in [0.25, 0.3) is 5.56 Å². The van der Waals surface area contributed by atoms with Gasteiger partial charge in [0.15, 0.2) is 0 Å². The Morgan fingerprint density at radius 1 is 1.14 bits per heavy atom. The lowest BCUT2D eigenvalue weighted by molar-refractivity contribution is -0.131. The number of fused-ring (bicyclic) bond motifs is 1. The van der Waals surface area contributed by atoms with Crippen LogP contribution in [-0.4, -0.2) is 40.0 Å². The van der Waals surface area contributed by atoms with Gasteiger partial charge in [0.05, 0.1) is 17.2 Å². The van der Waals surface area contributed by atoms with Gasteiger partial charge in [-0.15, -0.1) is 0 Å². The fourth-order valence-electron chi connectivity index (χ4n) is 4.09. The van der Waals surface area contributed by atoms with Crippen molar-refractivity contribution in [1.29, 1.82) is 0 Å². The van der Waals surface area contributed by atoms with E-state index in [0.29, 0.717) is 30.5 Å². The normalized spacial score (nSPS) is 19.3. The van der Waals surface area contributed by atoms with Crippen molar-refractivity contribution in [3.8, 4) is 0 Å². The predicted molar refractivity (Wildman–Crippen MR) is 109 cm³/mol. The molecule has 6 heteroatoms. The lowest BCUT2D eigenvalue weighted by Crippen LogP contribution is -2.35. The Labute approximate surface area is 163 Å². The summed E-state index contributed by atoms with van der Waals surface area (Å²) in [4.78, 5) is 31.9. The van der Waals surface area contributed by atoms with E-state index in [1.54, 1.807) is 6.07 Å². The molecule has 144 valence electrons. The van der Waals surface area contributed by atoms with Gasteiger partial charge in [-0.3, -0.25) is 14.2 Å². The van der Waals surface area contributed by atoms with Crippen LogP contribution in [0.4, 0.5) is 0 Å². The highest BCUT2D eigenvalue weighted by molar-refractivity contribution is 5.81. The highest BCUT2D eigenvalue weighted by Crippen LogP contribution is 2.32. The third-order valence-corrected chi connectivity index (χ3v) is 5.69. The molecular formula is C22H24N4O2. The van der Waals surface area contributed by atoms with E-state index >= 15 is 0 Å². The maximum Gasteiger partial charge on any atom is 0.261 e. The van der Waals surface area contributed by atoms with Crippen LogP contribution < -0.4 is 11.3 Å². The molecule has 0 spiro atoms. The molecule has 1 amide bonds. The molecule has 2 heterocycles. The topological polar surface area (TPSA) is 81.2 Å². The molecule has 1 aliphatic heterocycles. The molecule has 4 rings (SSSR count). The number of amides is 1. The molecule has 0 unspecified atom stereocenters. The molecule has 0 bridgehead atoms. The Bertz CT molecular complexity index is 1060. The Balaban J connectivity index is 1.55. The van der Waals surface area contributed by atoms with Crippen molar-refractivity contribution in [3.05, 3.63) is 76.3 Å². The van der Waals surface area contributed by atoms with Crippen LogP contribution >= 0.6 is 0 Å². The zero-order chi connectivity index (χ0) is 19.7. The zero-order valence-corrected chi connectivity index (χ0v) is 15.9. The average molecular weight is 376 g/mol. The van der Waals surface area contributed by atoms with Gasteiger partial charge in [0.2, 0.25) is 5.91 Å². The van der Waals surface area contributed by atoms with Crippen molar-refractivity contribution in [2.75, 3.05) is 19.6 Å². The summed E-state index contributed by atoms with van der Waals surface area (Å²) in [6.45, 7) is 3.68. The van der Waals surface area contributed by atoms with Gasteiger partial charge in [-0.2, -0.15) is 0 Å². The molecule has 3 aromatic rings. The summed E-state index contributed by atoms with van der Waals surface area (Å²) in [6.07, 6.45) is 1.47. The van der Waals surface area contributed by atoms with E-state index < -0.39 is 0 Å². The molecule has 1 fully saturated rings. The van der Waals surface area contributed by atoms with Crippen molar-refractivity contribution in [3.63, 3.8) is 0 Å². The minimum atomic E-state index is -0.184. The summed E-state index contributed by atoms with van der Waals surface area (Å²) in [6, 6.07) is 15.7. The van der Waals surface area contributed by atoms with Crippen molar-refractivity contribution in [2.24, 2.45) is 11.7 Å². The van der Waals surface area contributed by atoms with Gasteiger partial charge in [0, 0.05) is 19.0 Å². The van der Waals surface area contributed by atoms with E-state index in [2.05, 4.69) is 17.1 Å². The van der Waals surface area contributed by atoms with Crippen LogP contribution in [0.1, 0.15) is 17.0 Å². The molecule has 0 saturated carbocycles. The van der Waals surface area contributed by atoms with E-state index in [-0.39, 0.29) is 29.8 Å². The molecule has 1 saturated heterocycles. The Kier molecular flexibility index (Phi) is 4.96. The van der Waals surface area contributed by atoms with Gasteiger partial charge >= 0.3 is 0 Å². The first-order chi connectivity index (χ1) is 13.6. The smallest absolute Gasteiger partial charge is 0.261 e. The quantitative estimate of drug-likeness (QED) is 0.754. The van der Waals surface area contributed by atoms with E-state index in [0.717, 1.165) is 5.56 Å². The molecule has 0 aliphatic carbocycles. The van der Waals surface area contributed by atoms with Gasteiger partial charge < -0.3 is 10.6 Å². The summed E-state index contributed by atoms with van der Waals surface area (Å²) in [7, 11) is 0. The summed E-state index contributed by atoms with van der Waals surface area (Å²) >= 11 is 0. The van der Waals surface area contributed by atoms with E-state index in [1.807, 2.05) is 42.2 Å². The second-order valence-electron chi connectivity index (χ2n) is 7.46. The van der Waals surface area contributed by atoms with Crippen molar-refractivity contribution < 1.29 is 4.79 Å². The summed E-state index contributed by atoms with van der Waals surface area (Å²) < 4.78 is 1.40. The van der Waals surface area contributed by atoms with Crippen LogP contribution in [0.5, 0.6) is 0 Å². The van der Waals surface area contributed by atoms with Crippen LogP contribution in [-0.2, 0) is 11.3 Å². The van der Waals surface area contributed by atoms with Gasteiger partial charge in [0.1, 0.15) is 6.54 Å². The van der Waals surface area contributed by atoms with Gasteiger partial charge in [-0.1, -0.05) is 42.5 Å². The maximum atomic E-state index is 12.9. The summed E-state index contributed by atoms with van der Waals surface area (Å²) in [5.74, 6) is 0.373. The number of nitrogens with two attached hydrogens (primary N) is 1. The second-order valence-corrected chi connectivity index (χ2v) is 7.46. The molecule has 2 aromatic carbocycles. The van der Waals surface area contributed by atoms with E-state index in [9.17, 15) is 9.59 Å². The number of carbonyl (C=O) groups excluding carboxylic acids is 1. The molecule has 2 atom stereocenters. The molecule has 2 N–H and O–H groups in total. The molecule has 1 aliphatic rings. The lowest BCUT2D eigenvalue weighted by Gasteiger charge is -2.17. The number of hydrogen-bond acceptors (Lipinski definition) is 4. The number of para-hydroxylation sites is 1. The van der Waals surface area contributed by atoms with Gasteiger partial charge in [-0.05, 0) is 36.6 Å². The number of rotatable bonds is 4. The highest BCUT2D eigenvalue weighted by Gasteiger charge is 2.35.